The lowest BCUT2D eigenvalue weighted by atomic mass is 10.0. The van der Waals surface area contributed by atoms with Gasteiger partial charge in [-0.05, 0) is 22.8 Å². The lowest BCUT2D eigenvalue weighted by Crippen LogP contribution is -2.27. The molecule has 0 aromatic carbocycles. The molecule has 6 heteroatoms. The zero-order valence-electron chi connectivity index (χ0n) is 11.4. The molecule has 1 aromatic heterocycles. The molecule has 1 aliphatic rings. The molecule has 4 nitrogen and oxygen atoms in total. The number of halogens is 2. The van der Waals surface area contributed by atoms with E-state index in [4.69, 9.17) is 23.2 Å². The highest BCUT2D eigenvalue weighted by atomic mass is 35.5. The summed E-state index contributed by atoms with van der Waals surface area (Å²) in [4.78, 5) is 12.1. The van der Waals surface area contributed by atoms with Gasteiger partial charge in [0, 0.05) is 6.54 Å². The van der Waals surface area contributed by atoms with E-state index in [9.17, 15) is 4.79 Å². The molecule has 0 unspecified atom stereocenters. The summed E-state index contributed by atoms with van der Waals surface area (Å²) in [5.74, 6) is 0.188. The molecule has 0 spiro atoms. The Hall–Kier alpha value is -0.870. The Morgan fingerprint density at radius 2 is 1.84 bits per heavy atom. The second-order valence-corrected chi connectivity index (χ2v) is 6.82. The van der Waals surface area contributed by atoms with Crippen molar-refractivity contribution >= 4 is 29.1 Å². The number of hydrogen-bond donors (Lipinski definition) is 1. The Morgan fingerprint density at radius 3 is 2.37 bits per heavy atom. The van der Waals surface area contributed by atoms with Crippen LogP contribution >= 0.6 is 23.2 Å². The molecule has 0 atom stereocenters. The van der Waals surface area contributed by atoms with Crippen LogP contribution in [0.3, 0.4) is 0 Å². The third-order valence-electron chi connectivity index (χ3n) is 4.75. The summed E-state index contributed by atoms with van der Waals surface area (Å²) >= 11 is 11.6. The Morgan fingerprint density at radius 1 is 1.26 bits per heavy atom. The minimum absolute atomic E-state index is 0.0659. The van der Waals surface area contributed by atoms with E-state index < -0.39 is 0 Å². The van der Waals surface area contributed by atoms with E-state index in [2.05, 4.69) is 43.2 Å². The van der Waals surface area contributed by atoms with Gasteiger partial charge in [-0.15, -0.1) is 10.2 Å². The predicted molar refractivity (Wildman–Crippen MR) is 75.4 cm³/mol. The highest BCUT2D eigenvalue weighted by molar-refractivity contribution is 6.34. The highest BCUT2D eigenvalue weighted by Gasteiger charge is 2.64. The van der Waals surface area contributed by atoms with Gasteiger partial charge in [-0.1, -0.05) is 50.9 Å². The number of amides is 1. The minimum atomic E-state index is -0.264. The monoisotopic (exact) mass is 301 g/mol. The van der Waals surface area contributed by atoms with Gasteiger partial charge in [0.2, 0.25) is 0 Å². The number of nitrogens with zero attached hydrogens (tertiary/aromatic N) is 2. The van der Waals surface area contributed by atoms with Gasteiger partial charge in [-0.2, -0.15) is 0 Å². The van der Waals surface area contributed by atoms with Gasteiger partial charge in [0.1, 0.15) is 0 Å². The first-order chi connectivity index (χ1) is 8.68. The number of nitrogens with one attached hydrogen (secondary N) is 1. The molecule has 1 aliphatic carbocycles. The first-order valence-corrected chi connectivity index (χ1v) is 6.90. The van der Waals surface area contributed by atoms with Gasteiger partial charge in [0.25, 0.3) is 5.91 Å². The van der Waals surface area contributed by atoms with Crippen LogP contribution in [0.25, 0.3) is 0 Å². The Balaban J connectivity index is 2.02. The third kappa shape index (κ3) is 2.43. The minimum Gasteiger partial charge on any atom is -0.352 e. The SMILES string of the molecule is CC1(C)C(CNC(=O)c2cc(Cl)nnc2Cl)C1(C)C. The summed E-state index contributed by atoms with van der Waals surface area (Å²) in [6.45, 7) is 9.46. The first-order valence-electron chi connectivity index (χ1n) is 6.15. The second kappa shape index (κ2) is 4.60. The van der Waals surface area contributed by atoms with E-state index in [0.717, 1.165) is 0 Å². The van der Waals surface area contributed by atoms with Crippen molar-refractivity contribution in [2.45, 2.75) is 27.7 Å². The second-order valence-electron chi connectivity index (χ2n) is 6.08. The summed E-state index contributed by atoms with van der Waals surface area (Å²) in [5.41, 5.74) is 0.731. The standard InChI is InChI=1S/C13H17Cl2N3O/c1-12(2)8(13(12,3)4)6-16-11(19)7-5-9(14)17-18-10(7)15/h5,8H,6H2,1-4H3,(H,16,19). The number of hydrogen-bond acceptors (Lipinski definition) is 3. The third-order valence-corrected chi connectivity index (χ3v) is 5.21. The van der Waals surface area contributed by atoms with Crippen molar-refractivity contribution in [1.29, 1.82) is 0 Å². The first kappa shape index (κ1) is 14.5. The van der Waals surface area contributed by atoms with Gasteiger partial charge in [0.05, 0.1) is 5.56 Å². The molecule has 0 aliphatic heterocycles. The molecule has 2 rings (SSSR count). The van der Waals surface area contributed by atoms with Gasteiger partial charge in [-0.25, -0.2) is 0 Å². The van der Waals surface area contributed by atoms with Crippen LogP contribution in [0.5, 0.6) is 0 Å². The zero-order valence-corrected chi connectivity index (χ0v) is 12.9. The van der Waals surface area contributed by atoms with Gasteiger partial charge in [-0.3, -0.25) is 4.79 Å². The van der Waals surface area contributed by atoms with E-state index in [-0.39, 0.29) is 32.6 Å². The average Bonchev–Trinajstić information content (AvgIpc) is 2.70. The summed E-state index contributed by atoms with van der Waals surface area (Å²) < 4.78 is 0. The van der Waals surface area contributed by atoms with Crippen molar-refractivity contribution in [3.63, 3.8) is 0 Å². The van der Waals surface area contributed by atoms with E-state index in [0.29, 0.717) is 12.5 Å². The zero-order chi connectivity index (χ0) is 14.4. The number of aromatic nitrogens is 2. The molecule has 1 amide bonds. The number of carbonyl (C=O) groups excluding carboxylic acids is 1. The lowest BCUT2D eigenvalue weighted by molar-refractivity contribution is 0.0949. The molecule has 1 N–H and O–H groups in total. The van der Waals surface area contributed by atoms with E-state index in [1.54, 1.807) is 0 Å². The van der Waals surface area contributed by atoms with Gasteiger partial charge in [0.15, 0.2) is 10.3 Å². The van der Waals surface area contributed by atoms with Crippen molar-refractivity contribution in [3.05, 3.63) is 21.9 Å². The van der Waals surface area contributed by atoms with E-state index in [1.165, 1.54) is 6.07 Å². The Bertz CT molecular complexity index is 515. The van der Waals surface area contributed by atoms with Gasteiger partial charge >= 0.3 is 0 Å². The molecule has 1 aromatic rings. The Labute approximate surface area is 122 Å². The van der Waals surface area contributed by atoms with E-state index in [1.807, 2.05) is 0 Å². The molecule has 0 bridgehead atoms. The quantitative estimate of drug-likeness (QED) is 0.933. The Kier molecular flexibility index (Phi) is 3.52. The maximum absolute atomic E-state index is 12.1. The summed E-state index contributed by atoms with van der Waals surface area (Å²) in [7, 11) is 0. The summed E-state index contributed by atoms with van der Waals surface area (Å²) in [6, 6.07) is 1.43. The fourth-order valence-electron chi connectivity index (χ4n) is 2.65. The summed E-state index contributed by atoms with van der Waals surface area (Å²) in [6.07, 6.45) is 0. The molecule has 19 heavy (non-hydrogen) atoms. The molecule has 0 radical (unpaired) electrons. The van der Waals surface area contributed by atoms with Crippen LogP contribution in [-0.4, -0.2) is 22.6 Å². The van der Waals surface area contributed by atoms with Crippen molar-refractivity contribution in [2.75, 3.05) is 6.54 Å². The maximum atomic E-state index is 12.1. The number of carbonyl (C=O) groups is 1. The average molecular weight is 302 g/mol. The van der Waals surface area contributed by atoms with Crippen molar-refractivity contribution in [3.8, 4) is 0 Å². The summed E-state index contributed by atoms with van der Waals surface area (Å²) in [5, 5.41) is 10.3. The van der Waals surface area contributed by atoms with Crippen molar-refractivity contribution in [1.82, 2.24) is 15.5 Å². The van der Waals surface area contributed by atoms with Crippen LogP contribution in [0.1, 0.15) is 38.1 Å². The predicted octanol–water partition coefficient (Wildman–Crippen LogP) is 3.20. The van der Waals surface area contributed by atoms with Crippen LogP contribution in [0.4, 0.5) is 0 Å². The van der Waals surface area contributed by atoms with E-state index >= 15 is 0 Å². The molecule has 104 valence electrons. The van der Waals surface area contributed by atoms with Crippen LogP contribution in [0, 0.1) is 16.7 Å². The molecular formula is C13H17Cl2N3O. The fraction of sp³-hybridized carbons (Fsp3) is 0.615. The fourth-order valence-corrected chi connectivity index (χ4v) is 2.97. The molecule has 0 saturated heterocycles. The molecule has 1 fully saturated rings. The number of rotatable bonds is 3. The molecular weight excluding hydrogens is 285 g/mol. The highest BCUT2D eigenvalue weighted by Crippen LogP contribution is 2.67. The van der Waals surface area contributed by atoms with Crippen LogP contribution in [-0.2, 0) is 0 Å². The van der Waals surface area contributed by atoms with Crippen LogP contribution in [0.15, 0.2) is 6.07 Å². The topological polar surface area (TPSA) is 54.9 Å². The largest absolute Gasteiger partial charge is 0.352 e. The smallest absolute Gasteiger partial charge is 0.254 e. The molecule has 1 heterocycles. The lowest BCUT2D eigenvalue weighted by Gasteiger charge is -2.07. The van der Waals surface area contributed by atoms with Crippen LogP contribution < -0.4 is 5.32 Å². The van der Waals surface area contributed by atoms with Crippen LogP contribution in [0.2, 0.25) is 10.3 Å². The van der Waals surface area contributed by atoms with Crippen molar-refractivity contribution in [2.24, 2.45) is 16.7 Å². The van der Waals surface area contributed by atoms with Gasteiger partial charge < -0.3 is 5.32 Å². The normalized spacial score (nSPS) is 20.1. The van der Waals surface area contributed by atoms with Crippen molar-refractivity contribution < 1.29 is 4.79 Å². The molecule has 1 saturated carbocycles. The maximum Gasteiger partial charge on any atom is 0.254 e.